The molecule has 176 valence electrons. The molecule has 0 bridgehead atoms. The Morgan fingerprint density at radius 2 is 1.76 bits per heavy atom. The van der Waals surface area contributed by atoms with E-state index in [4.69, 9.17) is 4.74 Å². The molecule has 2 aliphatic rings. The summed E-state index contributed by atoms with van der Waals surface area (Å²) in [6.07, 6.45) is -3.67. The van der Waals surface area contributed by atoms with Crippen molar-refractivity contribution in [3.63, 3.8) is 0 Å². The summed E-state index contributed by atoms with van der Waals surface area (Å²) < 4.78 is 72.0. The Bertz CT molecular complexity index is 1190. The quantitative estimate of drug-likeness (QED) is 0.531. The molecular formula is C22H21F3N2O5S. The van der Waals surface area contributed by atoms with Gasteiger partial charge in [-0.2, -0.15) is 17.5 Å². The highest BCUT2D eigenvalue weighted by Gasteiger charge is 2.40. The molecule has 7 nitrogen and oxygen atoms in total. The van der Waals surface area contributed by atoms with E-state index < -0.39 is 38.5 Å². The second-order valence-electron chi connectivity index (χ2n) is 7.96. The standard InChI is InChI=1S/C22H21F3N2O5S/c23-22(24,25)17-3-1-2-4-19(17)33(30,31)27-11-9-14(10-12-27)21(29)32-16-6-7-18-15(13-16)5-8-20(28)26-18/h1-4,6-7,13-14H,5,8-12H2,(H,26,28). The summed E-state index contributed by atoms with van der Waals surface area (Å²) >= 11 is 0. The van der Waals surface area contributed by atoms with E-state index in [0.29, 0.717) is 24.3 Å². The second kappa shape index (κ2) is 8.79. The predicted octanol–water partition coefficient (Wildman–Crippen LogP) is 3.60. The number of aryl methyl sites for hydroxylation is 1. The van der Waals surface area contributed by atoms with Gasteiger partial charge in [-0.15, -0.1) is 0 Å². The lowest BCUT2D eigenvalue weighted by molar-refractivity contribution is -0.140. The van der Waals surface area contributed by atoms with Crippen LogP contribution in [0.1, 0.15) is 30.4 Å². The van der Waals surface area contributed by atoms with Gasteiger partial charge in [-0.05, 0) is 55.2 Å². The van der Waals surface area contributed by atoms with Crippen molar-refractivity contribution in [1.82, 2.24) is 4.31 Å². The van der Waals surface area contributed by atoms with E-state index in [1.54, 1.807) is 18.2 Å². The van der Waals surface area contributed by atoms with Crippen molar-refractivity contribution in [1.29, 1.82) is 0 Å². The van der Waals surface area contributed by atoms with Crippen LogP contribution in [0.15, 0.2) is 47.4 Å². The lowest BCUT2D eigenvalue weighted by Gasteiger charge is -2.30. The summed E-state index contributed by atoms with van der Waals surface area (Å²) in [7, 11) is -4.37. The number of esters is 1. The molecule has 0 saturated carbocycles. The Kier molecular flexibility index (Phi) is 6.19. The molecule has 0 aromatic heterocycles. The molecule has 1 amide bonds. The predicted molar refractivity (Wildman–Crippen MR) is 112 cm³/mol. The molecule has 0 radical (unpaired) electrons. The molecule has 2 heterocycles. The van der Waals surface area contributed by atoms with E-state index in [1.807, 2.05) is 0 Å². The highest BCUT2D eigenvalue weighted by Crippen LogP contribution is 2.36. The lowest BCUT2D eigenvalue weighted by Crippen LogP contribution is -2.41. The number of nitrogens with one attached hydrogen (secondary N) is 1. The fourth-order valence-electron chi connectivity index (χ4n) is 4.02. The number of carbonyl (C=O) groups is 2. The van der Waals surface area contributed by atoms with E-state index >= 15 is 0 Å². The summed E-state index contributed by atoms with van der Waals surface area (Å²) in [5.74, 6) is -0.858. The Labute approximate surface area is 188 Å². The highest BCUT2D eigenvalue weighted by molar-refractivity contribution is 7.89. The van der Waals surface area contributed by atoms with Gasteiger partial charge in [0.05, 0.1) is 16.4 Å². The van der Waals surface area contributed by atoms with Crippen LogP contribution in [-0.2, 0) is 32.2 Å². The van der Waals surface area contributed by atoms with Gasteiger partial charge < -0.3 is 10.1 Å². The first-order valence-corrected chi connectivity index (χ1v) is 11.8. The molecule has 1 fully saturated rings. The summed E-state index contributed by atoms with van der Waals surface area (Å²) in [5.41, 5.74) is 0.308. The van der Waals surface area contributed by atoms with Crippen LogP contribution in [0.25, 0.3) is 0 Å². The largest absolute Gasteiger partial charge is 0.426 e. The summed E-state index contributed by atoms with van der Waals surface area (Å²) in [5, 5.41) is 2.74. The van der Waals surface area contributed by atoms with Gasteiger partial charge in [0.15, 0.2) is 0 Å². The van der Waals surface area contributed by atoms with Gasteiger partial charge in [0, 0.05) is 25.2 Å². The van der Waals surface area contributed by atoms with Crippen molar-refractivity contribution in [3.05, 3.63) is 53.6 Å². The van der Waals surface area contributed by atoms with Crippen LogP contribution >= 0.6 is 0 Å². The molecule has 2 aliphatic heterocycles. The van der Waals surface area contributed by atoms with Gasteiger partial charge in [-0.1, -0.05) is 12.1 Å². The Balaban J connectivity index is 1.41. The minimum atomic E-state index is -4.80. The molecule has 11 heteroatoms. The zero-order valence-electron chi connectivity index (χ0n) is 17.4. The van der Waals surface area contributed by atoms with E-state index in [9.17, 15) is 31.2 Å². The number of rotatable bonds is 4. The molecule has 2 aromatic carbocycles. The van der Waals surface area contributed by atoms with Crippen molar-refractivity contribution in [2.75, 3.05) is 18.4 Å². The molecule has 0 unspecified atom stereocenters. The number of fused-ring (bicyclic) bond motifs is 1. The average molecular weight is 482 g/mol. The summed E-state index contributed by atoms with van der Waals surface area (Å²) in [6.45, 7) is -0.185. The van der Waals surface area contributed by atoms with Crippen molar-refractivity contribution in [3.8, 4) is 5.75 Å². The smallest absolute Gasteiger partial charge is 0.417 e. The van der Waals surface area contributed by atoms with Gasteiger partial charge >= 0.3 is 12.1 Å². The first-order chi connectivity index (χ1) is 15.6. The van der Waals surface area contributed by atoms with Crippen molar-refractivity contribution >= 4 is 27.6 Å². The molecule has 33 heavy (non-hydrogen) atoms. The zero-order valence-corrected chi connectivity index (χ0v) is 18.2. The van der Waals surface area contributed by atoms with Gasteiger partial charge in [0.1, 0.15) is 5.75 Å². The maximum atomic E-state index is 13.3. The van der Waals surface area contributed by atoms with Gasteiger partial charge in [0.2, 0.25) is 15.9 Å². The molecule has 0 atom stereocenters. The number of alkyl halides is 3. The van der Waals surface area contributed by atoms with Crippen LogP contribution in [-0.4, -0.2) is 37.7 Å². The molecule has 0 aliphatic carbocycles. The average Bonchev–Trinajstić information content (AvgIpc) is 2.78. The van der Waals surface area contributed by atoms with Crippen LogP contribution in [0.3, 0.4) is 0 Å². The number of nitrogens with zero attached hydrogens (tertiary/aromatic N) is 1. The number of carbonyl (C=O) groups excluding carboxylic acids is 2. The first-order valence-electron chi connectivity index (χ1n) is 10.4. The normalized spacial score (nSPS) is 17.8. The SMILES string of the molecule is O=C1CCc2cc(OC(=O)C3CCN(S(=O)(=O)c4ccccc4C(F)(F)F)CC3)ccc2N1. The van der Waals surface area contributed by atoms with E-state index in [0.717, 1.165) is 28.1 Å². The summed E-state index contributed by atoms with van der Waals surface area (Å²) in [6, 6.07) is 8.96. The lowest BCUT2D eigenvalue weighted by atomic mass is 9.98. The number of amides is 1. The fourth-order valence-corrected chi connectivity index (χ4v) is 5.70. The van der Waals surface area contributed by atoms with E-state index in [2.05, 4.69) is 5.32 Å². The number of anilines is 1. The molecule has 1 saturated heterocycles. The topological polar surface area (TPSA) is 92.8 Å². The zero-order chi connectivity index (χ0) is 23.8. The second-order valence-corrected chi connectivity index (χ2v) is 9.87. The minimum absolute atomic E-state index is 0.0770. The van der Waals surface area contributed by atoms with Crippen molar-refractivity contribution < 1.29 is 35.9 Å². The number of hydrogen-bond donors (Lipinski definition) is 1. The van der Waals surface area contributed by atoms with Crippen molar-refractivity contribution in [2.24, 2.45) is 5.92 Å². The maximum Gasteiger partial charge on any atom is 0.417 e. The molecule has 0 spiro atoms. The molecule has 2 aromatic rings. The molecule has 4 rings (SSSR count). The van der Waals surface area contributed by atoms with Crippen LogP contribution in [0.5, 0.6) is 5.75 Å². The van der Waals surface area contributed by atoms with Gasteiger partial charge in [-0.25, -0.2) is 8.42 Å². The van der Waals surface area contributed by atoms with Crippen LogP contribution in [0, 0.1) is 5.92 Å². The number of sulfonamides is 1. The van der Waals surface area contributed by atoms with E-state index in [-0.39, 0.29) is 31.8 Å². The third-order valence-electron chi connectivity index (χ3n) is 5.79. The minimum Gasteiger partial charge on any atom is -0.426 e. The summed E-state index contributed by atoms with van der Waals surface area (Å²) in [4.78, 5) is 23.3. The number of halogens is 3. The number of hydrogen-bond acceptors (Lipinski definition) is 5. The molecule has 1 N–H and O–H groups in total. The van der Waals surface area contributed by atoms with Crippen LogP contribution in [0.4, 0.5) is 18.9 Å². The third-order valence-corrected chi connectivity index (χ3v) is 7.74. The number of piperidine rings is 1. The Morgan fingerprint density at radius 1 is 1.06 bits per heavy atom. The fraction of sp³-hybridized carbons (Fsp3) is 0.364. The van der Waals surface area contributed by atoms with E-state index in [1.165, 1.54) is 6.07 Å². The first kappa shape index (κ1) is 23.2. The Morgan fingerprint density at radius 3 is 2.45 bits per heavy atom. The van der Waals surface area contributed by atoms with Gasteiger partial charge in [-0.3, -0.25) is 9.59 Å². The highest BCUT2D eigenvalue weighted by atomic mass is 32.2. The molecular weight excluding hydrogens is 461 g/mol. The van der Waals surface area contributed by atoms with Gasteiger partial charge in [0.25, 0.3) is 0 Å². The third kappa shape index (κ3) is 4.88. The Hall–Kier alpha value is -2.92. The van der Waals surface area contributed by atoms with Crippen molar-refractivity contribution in [2.45, 2.75) is 36.8 Å². The number of benzene rings is 2. The number of ether oxygens (including phenoxy) is 1. The maximum absolute atomic E-state index is 13.3. The monoisotopic (exact) mass is 482 g/mol. The van der Waals surface area contributed by atoms with Crippen LogP contribution < -0.4 is 10.1 Å². The van der Waals surface area contributed by atoms with Crippen LogP contribution in [0.2, 0.25) is 0 Å².